The predicted octanol–water partition coefficient (Wildman–Crippen LogP) is 5.64. The van der Waals surface area contributed by atoms with E-state index in [1.807, 2.05) is 30.3 Å². The Morgan fingerprint density at radius 3 is 2.03 bits per heavy atom. The van der Waals surface area contributed by atoms with E-state index < -0.39 is 12.1 Å². The Hall–Kier alpha value is -1.69. The molecule has 0 radical (unpaired) electrons. The summed E-state index contributed by atoms with van der Waals surface area (Å²) in [7, 11) is 0. The van der Waals surface area contributed by atoms with E-state index in [0.717, 1.165) is 18.4 Å². The van der Waals surface area contributed by atoms with Crippen LogP contribution in [0.1, 0.15) is 83.1 Å². The van der Waals surface area contributed by atoms with Crippen LogP contribution in [0.5, 0.6) is 0 Å². The molecule has 1 aromatic rings. The molecule has 0 unspecified atom stereocenters. The lowest BCUT2D eigenvalue weighted by Crippen LogP contribution is -2.48. The number of carbonyl (C=O) groups excluding carboxylic acids is 2. The van der Waals surface area contributed by atoms with E-state index in [1.165, 1.54) is 57.8 Å². The van der Waals surface area contributed by atoms with Gasteiger partial charge in [-0.25, -0.2) is 4.79 Å². The third kappa shape index (κ3) is 13.5. The molecule has 30 heavy (non-hydrogen) atoms. The molecule has 0 spiro atoms. The van der Waals surface area contributed by atoms with Crippen LogP contribution in [0.3, 0.4) is 0 Å². The average Bonchev–Trinajstić information content (AvgIpc) is 2.77. The molecule has 0 saturated carbocycles. The SMILES string of the molecule is CCCCCCCCCCCCCNC(=O)[C@H](CS)NC(=O)OCc1ccccc1. The van der Waals surface area contributed by atoms with Crippen molar-refractivity contribution in [3.8, 4) is 0 Å². The number of amides is 2. The third-order valence-electron chi connectivity index (χ3n) is 5.08. The van der Waals surface area contributed by atoms with Crippen molar-refractivity contribution in [1.29, 1.82) is 0 Å². The standard InChI is InChI=1S/C24H40N2O3S/c1-2-3-4-5-6-7-8-9-10-11-15-18-25-23(27)22(20-30)26-24(28)29-19-21-16-13-12-14-17-21/h12-14,16-17,22,30H,2-11,15,18-20H2,1H3,(H,25,27)(H,26,28)/t22-/m0/s1. The minimum atomic E-state index is -0.690. The summed E-state index contributed by atoms with van der Waals surface area (Å²) < 4.78 is 5.16. The summed E-state index contributed by atoms with van der Waals surface area (Å²) in [5, 5.41) is 5.47. The number of carbonyl (C=O) groups is 2. The first-order valence-corrected chi connectivity index (χ1v) is 12.2. The summed E-state index contributed by atoms with van der Waals surface area (Å²) >= 11 is 4.17. The van der Waals surface area contributed by atoms with Crippen molar-refractivity contribution in [2.75, 3.05) is 12.3 Å². The zero-order valence-corrected chi connectivity index (χ0v) is 19.4. The third-order valence-corrected chi connectivity index (χ3v) is 5.45. The molecular formula is C24H40N2O3S. The fourth-order valence-corrected chi connectivity index (χ4v) is 3.48. The van der Waals surface area contributed by atoms with Gasteiger partial charge in [0.1, 0.15) is 12.6 Å². The second-order valence-electron chi connectivity index (χ2n) is 7.77. The molecule has 2 amide bonds. The first kappa shape index (κ1) is 26.3. The molecule has 0 heterocycles. The van der Waals surface area contributed by atoms with Crippen molar-refractivity contribution in [3.05, 3.63) is 35.9 Å². The molecule has 0 aliphatic heterocycles. The lowest BCUT2D eigenvalue weighted by molar-refractivity contribution is -0.122. The van der Waals surface area contributed by atoms with Crippen LogP contribution < -0.4 is 10.6 Å². The van der Waals surface area contributed by atoms with Crippen molar-refractivity contribution in [1.82, 2.24) is 10.6 Å². The molecule has 0 bridgehead atoms. The Kier molecular flexibility index (Phi) is 15.9. The Morgan fingerprint density at radius 2 is 1.47 bits per heavy atom. The average molecular weight is 437 g/mol. The maximum absolute atomic E-state index is 12.2. The van der Waals surface area contributed by atoms with Crippen LogP contribution in [-0.4, -0.2) is 30.3 Å². The second kappa shape index (κ2) is 18.1. The summed E-state index contributed by atoms with van der Waals surface area (Å²) in [6.45, 7) is 3.05. The molecule has 6 heteroatoms. The largest absolute Gasteiger partial charge is 0.445 e. The highest BCUT2D eigenvalue weighted by atomic mass is 32.1. The summed E-state index contributed by atoms with van der Waals surface area (Å²) in [6, 6.07) is 8.74. The molecule has 0 aromatic heterocycles. The number of rotatable bonds is 17. The van der Waals surface area contributed by atoms with Gasteiger partial charge in [-0.1, -0.05) is 101 Å². The monoisotopic (exact) mass is 436 g/mol. The van der Waals surface area contributed by atoms with Gasteiger partial charge >= 0.3 is 6.09 Å². The number of nitrogens with one attached hydrogen (secondary N) is 2. The second-order valence-corrected chi connectivity index (χ2v) is 8.13. The zero-order valence-electron chi connectivity index (χ0n) is 18.5. The van der Waals surface area contributed by atoms with Gasteiger partial charge in [-0.15, -0.1) is 0 Å². The molecule has 1 aromatic carbocycles. The number of hydrogen-bond donors (Lipinski definition) is 3. The molecule has 1 rings (SSSR count). The van der Waals surface area contributed by atoms with Crippen LogP contribution in [0.4, 0.5) is 4.79 Å². The van der Waals surface area contributed by atoms with Crippen LogP contribution >= 0.6 is 12.6 Å². The number of benzene rings is 1. The van der Waals surface area contributed by atoms with Crippen molar-refractivity contribution < 1.29 is 14.3 Å². The normalized spacial score (nSPS) is 11.7. The van der Waals surface area contributed by atoms with Gasteiger partial charge < -0.3 is 15.4 Å². The summed E-state index contributed by atoms with van der Waals surface area (Å²) in [5.74, 6) is 0.0126. The molecular weight excluding hydrogens is 396 g/mol. The van der Waals surface area contributed by atoms with Crippen LogP contribution in [0.25, 0.3) is 0 Å². The van der Waals surface area contributed by atoms with Crippen LogP contribution in [-0.2, 0) is 16.1 Å². The fourth-order valence-electron chi connectivity index (χ4n) is 3.23. The van der Waals surface area contributed by atoms with Gasteiger partial charge in [0.15, 0.2) is 0 Å². The number of alkyl carbamates (subject to hydrolysis) is 1. The van der Waals surface area contributed by atoms with E-state index >= 15 is 0 Å². The smallest absolute Gasteiger partial charge is 0.408 e. The van der Waals surface area contributed by atoms with Gasteiger partial charge in [0.25, 0.3) is 0 Å². The molecule has 2 N–H and O–H groups in total. The van der Waals surface area contributed by atoms with Crippen molar-refractivity contribution in [2.24, 2.45) is 0 Å². The highest BCUT2D eigenvalue weighted by Crippen LogP contribution is 2.11. The van der Waals surface area contributed by atoms with Gasteiger partial charge in [-0.3, -0.25) is 4.79 Å². The summed E-state index contributed by atoms with van der Waals surface area (Å²) in [4.78, 5) is 24.2. The Bertz CT molecular complexity index is 569. The Labute approximate surface area is 188 Å². The number of hydrogen-bond acceptors (Lipinski definition) is 4. The van der Waals surface area contributed by atoms with Crippen molar-refractivity contribution in [3.63, 3.8) is 0 Å². The van der Waals surface area contributed by atoms with E-state index in [0.29, 0.717) is 6.54 Å². The van der Waals surface area contributed by atoms with E-state index in [2.05, 4.69) is 30.2 Å². The Morgan fingerprint density at radius 1 is 0.900 bits per heavy atom. The highest BCUT2D eigenvalue weighted by molar-refractivity contribution is 7.80. The van der Waals surface area contributed by atoms with E-state index in [9.17, 15) is 9.59 Å². The van der Waals surface area contributed by atoms with Crippen LogP contribution in [0.2, 0.25) is 0 Å². The van der Waals surface area contributed by atoms with Crippen LogP contribution in [0, 0.1) is 0 Å². The fraction of sp³-hybridized carbons (Fsp3) is 0.667. The van der Waals surface area contributed by atoms with E-state index in [4.69, 9.17) is 4.74 Å². The number of ether oxygens (including phenoxy) is 1. The molecule has 1 atom stereocenters. The molecule has 170 valence electrons. The van der Waals surface area contributed by atoms with Gasteiger partial charge in [-0.2, -0.15) is 12.6 Å². The van der Waals surface area contributed by atoms with Gasteiger partial charge in [0.05, 0.1) is 0 Å². The van der Waals surface area contributed by atoms with Crippen molar-refractivity contribution >= 4 is 24.6 Å². The molecule has 0 aliphatic rings. The molecule has 5 nitrogen and oxygen atoms in total. The maximum Gasteiger partial charge on any atom is 0.408 e. The van der Waals surface area contributed by atoms with Gasteiger partial charge in [0, 0.05) is 12.3 Å². The Balaban J connectivity index is 2.04. The first-order valence-electron chi connectivity index (χ1n) is 11.5. The molecule has 0 aliphatic carbocycles. The van der Waals surface area contributed by atoms with Crippen molar-refractivity contribution in [2.45, 2.75) is 90.2 Å². The summed E-state index contributed by atoms with van der Waals surface area (Å²) in [5.41, 5.74) is 0.899. The maximum atomic E-state index is 12.2. The van der Waals surface area contributed by atoms with E-state index in [1.54, 1.807) is 0 Å². The number of thiol groups is 1. The molecule has 0 fully saturated rings. The lowest BCUT2D eigenvalue weighted by Gasteiger charge is -2.16. The van der Waals surface area contributed by atoms with Gasteiger partial charge in [0.2, 0.25) is 5.91 Å². The van der Waals surface area contributed by atoms with Crippen LogP contribution in [0.15, 0.2) is 30.3 Å². The highest BCUT2D eigenvalue weighted by Gasteiger charge is 2.19. The minimum Gasteiger partial charge on any atom is -0.445 e. The quantitative estimate of drug-likeness (QED) is 0.219. The first-order chi connectivity index (χ1) is 14.7. The lowest BCUT2D eigenvalue weighted by atomic mass is 10.1. The summed E-state index contributed by atoms with van der Waals surface area (Å²) in [6.07, 6.45) is 13.4. The topological polar surface area (TPSA) is 67.4 Å². The van der Waals surface area contributed by atoms with Gasteiger partial charge in [-0.05, 0) is 12.0 Å². The molecule has 0 saturated heterocycles. The zero-order chi connectivity index (χ0) is 21.9. The van der Waals surface area contributed by atoms with E-state index in [-0.39, 0.29) is 18.3 Å². The minimum absolute atomic E-state index is 0.173. The predicted molar refractivity (Wildman–Crippen MR) is 127 cm³/mol. The number of unbranched alkanes of at least 4 members (excludes halogenated alkanes) is 10.